The first kappa shape index (κ1) is 15.1. The summed E-state index contributed by atoms with van der Waals surface area (Å²) in [5.41, 5.74) is 1.01. The molecule has 0 spiro atoms. The van der Waals surface area contributed by atoms with Gasteiger partial charge in [0.05, 0.1) is 6.10 Å². The first-order valence-electron chi connectivity index (χ1n) is 6.47. The summed E-state index contributed by atoms with van der Waals surface area (Å²) in [6.45, 7) is 2.93. The molecule has 6 nitrogen and oxygen atoms in total. The molecule has 112 valence electrons. The molecule has 21 heavy (non-hydrogen) atoms. The largest absolute Gasteiger partial charge is 0.482 e. The fourth-order valence-electron chi connectivity index (χ4n) is 2.14. The number of carbonyl (C=O) groups is 1. The van der Waals surface area contributed by atoms with Crippen molar-refractivity contribution >= 4 is 16.9 Å². The number of aliphatic carboxylic acids is 1. The second kappa shape index (κ2) is 5.97. The Bertz CT molecular complexity index is 729. The Morgan fingerprint density at radius 2 is 2.14 bits per heavy atom. The molecule has 0 aliphatic carbocycles. The normalized spacial score (nSPS) is 12.3. The second-order valence-electron chi connectivity index (χ2n) is 4.89. The van der Waals surface area contributed by atoms with E-state index in [2.05, 4.69) is 0 Å². The highest BCUT2D eigenvalue weighted by molar-refractivity contribution is 5.82. The van der Waals surface area contributed by atoms with Gasteiger partial charge in [-0.3, -0.25) is 0 Å². The lowest BCUT2D eigenvalue weighted by Crippen LogP contribution is -2.16. The van der Waals surface area contributed by atoms with Crippen LogP contribution >= 0.6 is 0 Å². The van der Waals surface area contributed by atoms with E-state index in [1.165, 1.54) is 6.07 Å². The number of fused-ring (bicyclic) bond motifs is 1. The van der Waals surface area contributed by atoms with Gasteiger partial charge >= 0.3 is 11.6 Å². The Morgan fingerprint density at radius 1 is 1.43 bits per heavy atom. The monoisotopic (exact) mass is 292 g/mol. The first-order chi connectivity index (χ1) is 9.88. The first-order valence-corrected chi connectivity index (χ1v) is 6.47. The quantitative estimate of drug-likeness (QED) is 0.810. The zero-order chi connectivity index (χ0) is 15.6. The van der Waals surface area contributed by atoms with Crippen LogP contribution in [0.3, 0.4) is 0 Å². The lowest BCUT2D eigenvalue weighted by Gasteiger charge is -2.10. The smallest absolute Gasteiger partial charge is 0.341 e. The van der Waals surface area contributed by atoms with E-state index < -0.39 is 24.3 Å². The number of benzene rings is 1. The van der Waals surface area contributed by atoms with E-state index in [0.29, 0.717) is 16.9 Å². The van der Waals surface area contributed by atoms with E-state index in [1.807, 2.05) is 0 Å². The average molecular weight is 292 g/mol. The number of aliphatic hydroxyl groups is 1. The second-order valence-corrected chi connectivity index (χ2v) is 4.89. The molecule has 1 unspecified atom stereocenters. The van der Waals surface area contributed by atoms with Crippen molar-refractivity contribution in [2.24, 2.45) is 0 Å². The Balaban J connectivity index is 2.46. The van der Waals surface area contributed by atoms with Crippen molar-refractivity contribution in [3.8, 4) is 5.75 Å². The van der Waals surface area contributed by atoms with E-state index in [9.17, 15) is 14.7 Å². The maximum atomic E-state index is 12.0. The molecule has 0 amide bonds. The van der Waals surface area contributed by atoms with Crippen molar-refractivity contribution in [1.29, 1.82) is 0 Å². The van der Waals surface area contributed by atoms with Crippen LogP contribution in [0.15, 0.2) is 27.4 Å². The minimum Gasteiger partial charge on any atom is -0.482 e. The molecule has 0 fully saturated rings. The molecule has 2 N–H and O–H groups in total. The standard InChI is InChI=1S/C15H16O6/c1-8(16)5-12-9(2)11-4-3-10(20-7-14(17)18)6-13(11)21-15(12)19/h3-4,6,8,16H,5,7H2,1-2H3,(H,17,18). The number of carboxylic acids is 1. The van der Waals surface area contributed by atoms with E-state index in [4.69, 9.17) is 14.3 Å². The Hall–Kier alpha value is -2.34. The number of hydrogen-bond acceptors (Lipinski definition) is 5. The predicted octanol–water partition coefficient (Wildman–Crippen LogP) is 1.49. The number of aliphatic hydroxyl groups excluding tert-OH is 1. The third-order valence-electron chi connectivity index (χ3n) is 3.12. The molecule has 0 saturated carbocycles. The van der Waals surface area contributed by atoms with Crippen LogP contribution in [0.2, 0.25) is 0 Å². The van der Waals surface area contributed by atoms with Gasteiger partial charge in [-0.05, 0) is 31.5 Å². The summed E-state index contributed by atoms with van der Waals surface area (Å²) in [4.78, 5) is 22.4. The molecule has 0 radical (unpaired) electrons. The molecule has 2 aromatic rings. The molecule has 1 atom stereocenters. The Labute approximate surface area is 120 Å². The molecule has 0 aliphatic heterocycles. The number of aryl methyl sites for hydroxylation is 1. The van der Waals surface area contributed by atoms with Gasteiger partial charge in [-0.2, -0.15) is 0 Å². The van der Waals surface area contributed by atoms with Crippen LogP contribution < -0.4 is 10.4 Å². The fraction of sp³-hybridized carbons (Fsp3) is 0.333. The highest BCUT2D eigenvalue weighted by Crippen LogP contribution is 2.24. The van der Waals surface area contributed by atoms with Gasteiger partial charge in [0.15, 0.2) is 6.61 Å². The minimum atomic E-state index is -1.08. The van der Waals surface area contributed by atoms with E-state index in [1.54, 1.807) is 26.0 Å². The predicted molar refractivity (Wildman–Crippen MR) is 75.7 cm³/mol. The maximum absolute atomic E-state index is 12.0. The molecular formula is C15H16O6. The molecule has 1 heterocycles. The van der Waals surface area contributed by atoms with Crippen molar-refractivity contribution < 1.29 is 24.2 Å². The lowest BCUT2D eigenvalue weighted by molar-refractivity contribution is -0.139. The summed E-state index contributed by atoms with van der Waals surface area (Å²) < 4.78 is 10.3. The maximum Gasteiger partial charge on any atom is 0.341 e. The molecule has 0 bridgehead atoms. The van der Waals surface area contributed by atoms with Gasteiger partial charge in [0, 0.05) is 23.4 Å². The number of carboxylic acid groups (broad SMARTS) is 1. The van der Waals surface area contributed by atoms with Gasteiger partial charge in [-0.1, -0.05) is 0 Å². The van der Waals surface area contributed by atoms with Crippen molar-refractivity contribution in [3.63, 3.8) is 0 Å². The molecule has 0 saturated heterocycles. The Morgan fingerprint density at radius 3 is 2.76 bits per heavy atom. The molecule has 0 aliphatic rings. The van der Waals surface area contributed by atoms with Crippen LogP contribution in [0.1, 0.15) is 18.1 Å². The summed E-state index contributed by atoms with van der Waals surface area (Å²) in [6, 6.07) is 4.81. The SMILES string of the molecule is Cc1c(CC(C)O)c(=O)oc2cc(OCC(=O)O)ccc12. The average Bonchev–Trinajstić information content (AvgIpc) is 2.40. The molecular weight excluding hydrogens is 276 g/mol. The van der Waals surface area contributed by atoms with Gasteiger partial charge in [-0.25, -0.2) is 9.59 Å². The zero-order valence-corrected chi connectivity index (χ0v) is 11.8. The van der Waals surface area contributed by atoms with Gasteiger partial charge in [0.1, 0.15) is 11.3 Å². The van der Waals surface area contributed by atoms with E-state index in [-0.39, 0.29) is 6.42 Å². The van der Waals surface area contributed by atoms with E-state index >= 15 is 0 Å². The minimum absolute atomic E-state index is 0.224. The van der Waals surface area contributed by atoms with Crippen LogP contribution in [0, 0.1) is 6.92 Å². The van der Waals surface area contributed by atoms with Crippen LogP contribution in [0.25, 0.3) is 11.0 Å². The number of hydrogen-bond donors (Lipinski definition) is 2. The molecule has 1 aromatic heterocycles. The van der Waals surface area contributed by atoms with Crippen LogP contribution in [-0.4, -0.2) is 28.9 Å². The molecule has 1 aromatic carbocycles. The summed E-state index contributed by atoms with van der Waals surface area (Å²) in [5, 5.41) is 18.7. The van der Waals surface area contributed by atoms with Crippen LogP contribution in [0.4, 0.5) is 0 Å². The van der Waals surface area contributed by atoms with Gasteiger partial charge in [0.2, 0.25) is 0 Å². The summed E-state index contributed by atoms with van der Waals surface area (Å²) in [5.74, 6) is -0.768. The van der Waals surface area contributed by atoms with Crippen molar-refractivity contribution in [3.05, 3.63) is 39.7 Å². The third-order valence-corrected chi connectivity index (χ3v) is 3.12. The van der Waals surface area contributed by atoms with Gasteiger partial charge < -0.3 is 19.4 Å². The highest BCUT2D eigenvalue weighted by Gasteiger charge is 2.14. The zero-order valence-electron chi connectivity index (χ0n) is 11.8. The molecule has 6 heteroatoms. The summed E-state index contributed by atoms with van der Waals surface area (Å²) >= 11 is 0. The third kappa shape index (κ3) is 3.41. The summed E-state index contributed by atoms with van der Waals surface area (Å²) in [7, 11) is 0. The van der Waals surface area contributed by atoms with Gasteiger partial charge in [-0.15, -0.1) is 0 Å². The molecule has 2 rings (SSSR count). The summed E-state index contributed by atoms with van der Waals surface area (Å²) in [6.07, 6.45) is -0.413. The topological polar surface area (TPSA) is 97.0 Å². The van der Waals surface area contributed by atoms with Gasteiger partial charge in [0.25, 0.3) is 0 Å². The van der Waals surface area contributed by atoms with Crippen LogP contribution in [-0.2, 0) is 11.2 Å². The van der Waals surface area contributed by atoms with Crippen LogP contribution in [0.5, 0.6) is 5.75 Å². The Kier molecular flexibility index (Phi) is 4.28. The highest BCUT2D eigenvalue weighted by atomic mass is 16.5. The number of rotatable bonds is 5. The van der Waals surface area contributed by atoms with Crippen molar-refractivity contribution in [1.82, 2.24) is 0 Å². The lowest BCUT2D eigenvalue weighted by atomic mass is 10.0. The van der Waals surface area contributed by atoms with Crippen molar-refractivity contribution in [2.75, 3.05) is 6.61 Å². The number of ether oxygens (including phenoxy) is 1. The van der Waals surface area contributed by atoms with Crippen molar-refractivity contribution in [2.45, 2.75) is 26.4 Å². The fourth-order valence-corrected chi connectivity index (χ4v) is 2.14. The van der Waals surface area contributed by atoms with E-state index in [0.717, 1.165) is 10.9 Å².